The summed E-state index contributed by atoms with van der Waals surface area (Å²) in [4.78, 5) is 19.1. The Morgan fingerprint density at radius 1 is 1.08 bits per heavy atom. The van der Waals surface area contributed by atoms with Gasteiger partial charge in [0.05, 0.1) is 23.9 Å². The van der Waals surface area contributed by atoms with Crippen LogP contribution in [0.1, 0.15) is 18.6 Å². The highest BCUT2D eigenvalue weighted by molar-refractivity contribution is 5.99. The number of nitrogens with one attached hydrogen (secondary N) is 1. The molecule has 0 bridgehead atoms. The first-order valence-corrected chi connectivity index (χ1v) is 8.81. The highest BCUT2D eigenvalue weighted by atomic mass is 16.5. The van der Waals surface area contributed by atoms with Gasteiger partial charge in [0.25, 0.3) is 0 Å². The molecular formula is C21H21N3O2. The molecule has 1 N–H and O–H groups in total. The van der Waals surface area contributed by atoms with E-state index in [4.69, 9.17) is 4.74 Å². The predicted molar refractivity (Wildman–Crippen MR) is 102 cm³/mol. The van der Waals surface area contributed by atoms with Crippen LogP contribution in [0.3, 0.4) is 0 Å². The fourth-order valence-electron chi connectivity index (χ4n) is 3.37. The molecule has 2 aromatic carbocycles. The number of hydrogen-bond donors (Lipinski definition) is 1. The van der Waals surface area contributed by atoms with Crippen molar-refractivity contribution in [2.45, 2.75) is 19.1 Å². The molecule has 2 amide bonds. The lowest BCUT2D eigenvalue weighted by molar-refractivity contribution is -0.0642. The maximum atomic E-state index is 12.9. The SMILES string of the molecule is C[C@H]1CN(C(=O)Nc2cccc3cccnc23)C[C@H](c2ccccc2)O1. The maximum absolute atomic E-state index is 12.9. The van der Waals surface area contributed by atoms with E-state index < -0.39 is 0 Å². The van der Waals surface area contributed by atoms with E-state index in [1.54, 1.807) is 6.20 Å². The van der Waals surface area contributed by atoms with Crippen molar-refractivity contribution in [3.05, 3.63) is 72.4 Å². The van der Waals surface area contributed by atoms with E-state index in [0.717, 1.165) is 22.2 Å². The molecule has 132 valence electrons. The Morgan fingerprint density at radius 3 is 2.73 bits per heavy atom. The number of pyridine rings is 1. The molecule has 0 unspecified atom stereocenters. The number of aromatic nitrogens is 1. The number of carbonyl (C=O) groups excluding carboxylic acids is 1. The van der Waals surface area contributed by atoms with Crippen LogP contribution in [0, 0.1) is 0 Å². The first-order valence-electron chi connectivity index (χ1n) is 8.81. The van der Waals surface area contributed by atoms with Gasteiger partial charge in [-0.1, -0.05) is 48.5 Å². The van der Waals surface area contributed by atoms with Gasteiger partial charge in [0, 0.05) is 18.1 Å². The molecule has 1 saturated heterocycles. The number of fused-ring (bicyclic) bond motifs is 1. The van der Waals surface area contributed by atoms with Crippen LogP contribution < -0.4 is 5.32 Å². The molecule has 1 aromatic heterocycles. The lowest BCUT2D eigenvalue weighted by Crippen LogP contribution is -2.47. The number of benzene rings is 2. The molecule has 1 fully saturated rings. The third kappa shape index (κ3) is 3.39. The van der Waals surface area contributed by atoms with Crippen molar-refractivity contribution in [3.8, 4) is 0 Å². The van der Waals surface area contributed by atoms with Gasteiger partial charge in [-0.15, -0.1) is 0 Å². The van der Waals surface area contributed by atoms with Gasteiger partial charge in [0.15, 0.2) is 0 Å². The summed E-state index contributed by atoms with van der Waals surface area (Å²) in [6.07, 6.45) is 1.60. The van der Waals surface area contributed by atoms with Gasteiger partial charge in [0.1, 0.15) is 6.10 Å². The molecule has 4 rings (SSSR count). The van der Waals surface area contributed by atoms with Crippen LogP contribution in [-0.4, -0.2) is 35.1 Å². The van der Waals surface area contributed by atoms with Crippen molar-refractivity contribution < 1.29 is 9.53 Å². The average molecular weight is 347 g/mol. The van der Waals surface area contributed by atoms with E-state index in [-0.39, 0.29) is 18.2 Å². The highest BCUT2D eigenvalue weighted by Crippen LogP contribution is 2.26. The number of para-hydroxylation sites is 1. The molecule has 2 heterocycles. The summed E-state index contributed by atoms with van der Waals surface area (Å²) in [6.45, 7) is 3.08. The summed E-state index contributed by atoms with van der Waals surface area (Å²) >= 11 is 0. The quantitative estimate of drug-likeness (QED) is 0.755. The number of hydrogen-bond acceptors (Lipinski definition) is 3. The molecular weight excluding hydrogens is 326 g/mol. The number of morpholine rings is 1. The zero-order valence-electron chi connectivity index (χ0n) is 14.6. The molecule has 26 heavy (non-hydrogen) atoms. The largest absolute Gasteiger partial charge is 0.367 e. The predicted octanol–water partition coefficient (Wildman–Crippen LogP) is 4.23. The first-order chi connectivity index (χ1) is 12.7. The van der Waals surface area contributed by atoms with Crippen LogP contribution in [0.2, 0.25) is 0 Å². The Kier molecular flexibility index (Phi) is 4.54. The van der Waals surface area contributed by atoms with E-state index in [1.807, 2.05) is 72.5 Å². The van der Waals surface area contributed by atoms with Crippen LogP contribution in [-0.2, 0) is 4.74 Å². The second kappa shape index (κ2) is 7.14. The molecule has 1 aliphatic heterocycles. The van der Waals surface area contributed by atoms with Crippen molar-refractivity contribution in [3.63, 3.8) is 0 Å². The molecule has 3 aromatic rings. The summed E-state index contributed by atoms with van der Waals surface area (Å²) in [5, 5.41) is 4.02. The Morgan fingerprint density at radius 2 is 1.88 bits per heavy atom. The number of rotatable bonds is 2. The molecule has 5 nitrogen and oxygen atoms in total. The third-order valence-electron chi connectivity index (χ3n) is 4.59. The summed E-state index contributed by atoms with van der Waals surface area (Å²) in [7, 11) is 0. The number of nitrogens with zero attached hydrogens (tertiary/aromatic N) is 2. The zero-order chi connectivity index (χ0) is 17.9. The van der Waals surface area contributed by atoms with Crippen molar-refractivity contribution in [1.29, 1.82) is 0 Å². The zero-order valence-corrected chi connectivity index (χ0v) is 14.6. The summed E-state index contributed by atoms with van der Waals surface area (Å²) in [5.74, 6) is 0. The normalized spacial score (nSPS) is 20.1. The minimum absolute atomic E-state index is 0.0228. The van der Waals surface area contributed by atoms with Crippen LogP contribution >= 0.6 is 0 Å². The van der Waals surface area contributed by atoms with Crippen LogP contribution in [0.4, 0.5) is 10.5 Å². The lowest BCUT2D eigenvalue weighted by Gasteiger charge is -2.37. The second-order valence-corrected chi connectivity index (χ2v) is 6.56. The molecule has 2 atom stereocenters. The highest BCUT2D eigenvalue weighted by Gasteiger charge is 2.29. The van der Waals surface area contributed by atoms with Gasteiger partial charge in [0.2, 0.25) is 0 Å². The number of amides is 2. The van der Waals surface area contributed by atoms with Gasteiger partial charge in [-0.05, 0) is 24.6 Å². The van der Waals surface area contributed by atoms with Gasteiger partial charge < -0.3 is 15.0 Å². The minimum Gasteiger partial charge on any atom is -0.367 e. The summed E-state index contributed by atoms with van der Waals surface area (Å²) in [5.41, 5.74) is 2.61. The first kappa shape index (κ1) is 16.5. The van der Waals surface area contributed by atoms with Crippen molar-refractivity contribution >= 4 is 22.6 Å². The van der Waals surface area contributed by atoms with Crippen LogP contribution in [0.25, 0.3) is 10.9 Å². The number of urea groups is 1. The molecule has 0 saturated carbocycles. The van der Waals surface area contributed by atoms with Crippen molar-refractivity contribution in [2.75, 3.05) is 18.4 Å². The van der Waals surface area contributed by atoms with Crippen molar-refractivity contribution in [2.24, 2.45) is 0 Å². The number of anilines is 1. The molecule has 0 aliphatic carbocycles. The average Bonchev–Trinajstić information content (AvgIpc) is 2.68. The maximum Gasteiger partial charge on any atom is 0.322 e. The van der Waals surface area contributed by atoms with Crippen LogP contribution in [0.5, 0.6) is 0 Å². The summed E-state index contributed by atoms with van der Waals surface area (Å²) in [6, 6.07) is 19.6. The Balaban J connectivity index is 1.53. The lowest BCUT2D eigenvalue weighted by atomic mass is 10.1. The van der Waals surface area contributed by atoms with Crippen LogP contribution in [0.15, 0.2) is 66.9 Å². The fourth-order valence-corrected chi connectivity index (χ4v) is 3.37. The standard InChI is InChI=1S/C21H21N3O2/c1-15-13-24(14-19(26-15)16-7-3-2-4-8-16)21(25)23-18-11-5-9-17-10-6-12-22-20(17)18/h2-12,15,19H,13-14H2,1H3,(H,23,25)/t15-,19+/m0/s1. The number of ether oxygens (including phenoxy) is 1. The third-order valence-corrected chi connectivity index (χ3v) is 4.59. The van der Waals surface area contributed by atoms with E-state index in [1.165, 1.54) is 0 Å². The van der Waals surface area contributed by atoms with Gasteiger partial charge >= 0.3 is 6.03 Å². The molecule has 1 aliphatic rings. The fraction of sp³-hybridized carbons (Fsp3) is 0.238. The molecule has 0 radical (unpaired) electrons. The van der Waals surface area contributed by atoms with Gasteiger partial charge in [-0.2, -0.15) is 0 Å². The van der Waals surface area contributed by atoms with E-state index in [2.05, 4.69) is 10.3 Å². The van der Waals surface area contributed by atoms with Gasteiger partial charge in [-0.3, -0.25) is 4.98 Å². The van der Waals surface area contributed by atoms with E-state index in [9.17, 15) is 4.79 Å². The molecule has 5 heteroatoms. The monoisotopic (exact) mass is 347 g/mol. The molecule has 0 spiro atoms. The Bertz CT molecular complexity index is 908. The smallest absolute Gasteiger partial charge is 0.322 e. The second-order valence-electron chi connectivity index (χ2n) is 6.56. The Hall–Kier alpha value is -2.92. The topological polar surface area (TPSA) is 54.5 Å². The van der Waals surface area contributed by atoms with Gasteiger partial charge in [-0.25, -0.2) is 4.79 Å². The summed E-state index contributed by atoms with van der Waals surface area (Å²) < 4.78 is 6.04. The minimum atomic E-state index is -0.126. The van der Waals surface area contributed by atoms with Crippen molar-refractivity contribution in [1.82, 2.24) is 9.88 Å². The van der Waals surface area contributed by atoms with E-state index in [0.29, 0.717) is 13.1 Å². The number of carbonyl (C=O) groups is 1. The Labute approximate surface area is 152 Å². The van der Waals surface area contributed by atoms with E-state index >= 15 is 0 Å².